The van der Waals surface area contributed by atoms with Gasteiger partial charge in [-0.15, -0.1) is 0 Å². The first kappa shape index (κ1) is 15.6. The van der Waals surface area contributed by atoms with Crippen LogP contribution in [-0.4, -0.2) is 37.0 Å². The van der Waals surface area contributed by atoms with Gasteiger partial charge in [-0.1, -0.05) is 6.92 Å². The lowest BCUT2D eigenvalue weighted by Gasteiger charge is -2.24. The first-order valence-corrected chi connectivity index (χ1v) is 7.67. The Morgan fingerprint density at radius 2 is 2.19 bits per heavy atom. The van der Waals surface area contributed by atoms with Crippen molar-refractivity contribution in [2.45, 2.75) is 39.2 Å². The van der Waals surface area contributed by atoms with E-state index in [1.807, 2.05) is 12.1 Å². The molecule has 1 heterocycles. The first-order valence-electron chi connectivity index (χ1n) is 7.67. The Bertz CT molecular complexity index is 515. The third-order valence-corrected chi connectivity index (χ3v) is 4.29. The van der Waals surface area contributed by atoms with Gasteiger partial charge >= 0.3 is 0 Å². The van der Waals surface area contributed by atoms with E-state index in [9.17, 15) is 4.79 Å². The summed E-state index contributed by atoms with van der Waals surface area (Å²) in [7, 11) is 2.13. The summed E-state index contributed by atoms with van der Waals surface area (Å²) in [6.07, 6.45) is 2.45. The number of rotatable bonds is 6. The fourth-order valence-corrected chi connectivity index (χ4v) is 2.50. The Hall–Kier alpha value is -1.75. The smallest absolute Gasteiger partial charge is 0.224 e. The third-order valence-electron chi connectivity index (χ3n) is 4.29. The fraction of sp³-hybridized carbons (Fsp3) is 0.562. The van der Waals surface area contributed by atoms with Crippen molar-refractivity contribution in [3.05, 3.63) is 17.7 Å². The number of likely N-dealkylation sites (N-methyl/N-ethyl adjacent to an activating group) is 1. The van der Waals surface area contributed by atoms with E-state index in [-0.39, 0.29) is 5.91 Å². The number of fused-ring (bicyclic) bond motifs is 1. The molecule has 1 aromatic rings. The summed E-state index contributed by atoms with van der Waals surface area (Å²) in [5.74, 6) is 0.0784. The quantitative estimate of drug-likeness (QED) is 0.703. The number of aryl methyl sites for hydroxylation is 1. The molecule has 4 N–H and O–H groups in total. The normalized spacial score (nSPS) is 15.5. The van der Waals surface area contributed by atoms with Gasteiger partial charge < -0.3 is 21.3 Å². The SMILES string of the molecule is CCC(C)N(C)CCNc1cc2c(cc1N)CCC(=O)N2. The van der Waals surface area contributed by atoms with Crippen LogP contribution in [0.15, 0.2) is 12.1 Å². The van der Waals surface area contributed by atoms with E-state index in [1.165, 1.54) is 0 Å². The minimum Gasteiger partial charge on any atom is -0.397 e. The van der Waals surface area contributed by atoms with Crippen molar-refractivity contribution in [3.63, 3.8) is 0 Å². The molecule has 0 bridgehead atoms. The molecule has 0 saturated heterocycles. The van der Waals surface area contributed by atoms with E-state index in [0.29, 0.717) is 12.5 Å². The van der Waals surface area contributed by atoms with Gasteiger partial charge in [-0.2, -0.15) is 0 Å². The number of amides is 1. The zero-order chi connectivity index (χ0) is 15.4. The molecule has 0 aromatic heterocycles. The molecule has 0 aliphatic carbocycles. The van der Waals surface area contributed by atoms with E-state index >= 15 is 0 Å². The van der Waals surface area contributed by atoms with Gasteiger partial charge in [-0.05, 0) is 44.5 Å². The molecule has 0 radical (unpaired) electrons. The Kier molecular flexibility index (Phi) is 5.07. The molecule has 0 spiro atoms. The minimum atomic E-state index is 0.0784. The van der Waals surface area contributed by atoms with Crippen molar-refractivity contribution < 1.29 is 4.79 Å². The van der Waals surface area contributed by atoms with Crippen LogP contribution in [-0.2, 0) is 11.2 Å². The van der Waals surface area contributed by atoms with Crippen molar-refractivity contribution in [2.24, 2.45) is 0 Å². The van der Waals surface area contributed by atoms with E-state index < -0.39 is 0 Å². The number of benzene rings is 1. The van der Waals surface area contributed by atoms with Crippen LogP contribution in [0.4, 0.5) is 17.1 Å². The van der Waals surface area contributed by atoms with Gasteiger partial charge in [0.2, 0.25) is 5.91 Å². The highest BCUT2D eigenvalue weighted by Gasteiger charge is 2.16. The lowest BCUT2D eigenvalue weighted by Crippen LogP contribution is -2.32. The molecule has 21 heavy (non-hydrogen) atoms. The summed E-state index contributed by atoms with van der Waals surface area (Å²) in [6, 6.07) is 4.49. The van der Waals surface area contributed by atoms with Crippen LogP contribution in [0.3, 0.4) is 0 Å². The molecule has 2 rings (SSSR count). The van der Waals surface area contributed by atoms with Crippen LogP contribution in [0.5, 0.6) is 0 Å². The highest BCUT2D eigenvalue weighted by Crippen LogP contribution is 2.30. The van der Waals surface area contributed by atoms with Gasteiger partial charge in [0, 0.05) is 31.2 Å². The highest BCUT2D eigenvalue weighted by atomic mass is 16.1. The summed E-state index contributed by atoms with van der Waals surface area (Å²) < 4.78 is 0. The fourth-order valence-electron chi connectivity index (χ4n) is 2.50. The Morgan fingerprint density at radius 1 is 1.43 bits per heavy atom. The lowest BCUT2D eigenvalue weighted by molar-refractivity contribution is -0.116. The Balaban J connectivity index is 1.97. The number of anilines is 3. The molecule has 5 heteroatoms. The van der Waals surface area contributed by atoms with Gasteiger partial charge in [0.05, 0.1) is 11.4 Å². The standard InChI is InChI=1S/C16H26N4O/c1-4-11(2)20(3)8-7-18-15-10-14-12(9-13(15)17)5-6-16(21)19-14/h9-11,18H,4-8,17H2,1-3H3,(H,19,21). The molecule has 116 valence electrons. The summed E-state index contributed by atoms with van der Waals surface area (Å²) in [5.41, 5.74) is 9.74. The van der Waals surface area contributed by atoms with Crippen LogP contribution >= 0.6 is 0 Å². The largest absolute Gasteiger partial charge is 0.397 e. The summed E-state index contributed by atoms with van der Waals surface area (Å²) >= 11 is 0. The molecule has 1 unspecified atom stereocenters. The lowest BCUT2D eigenvalue weighted by atomic mass is 10.0. The van der Waals surface area contributed by atoms with Gasteiger partial charge in [-0.3, -0.25) is 4.79 Å². The van der Waals surface area contributed by atoms with Crippen molar-refractivity contribution in [1.29, 1.82) is 0 Å². The summed E-state index contributed by atoms with van der Waals surface area (Å²) in [5, 5.41) is 6.28. The maximum atomic E-state index is 11.5. The molecule has 1 aromatic carbocycles. The molecule has 1 amide bonds. The van der Waals surface area contributed by atoms with Crippen LogP contribution in [0, 0.1) is 0 Å². The number of nitrogens with zero attached hydrogens (tertiary/aromatic N) is 1. The van der Waals surface area contributed by atoms with Gasteiger partial charge in [0.1, 0.15) is 0 Å². The maximum absolute atomic E-state index is 11.5. The second-order valence-corrected chi connectivity index (χ2v) is 5.81. The number of hydrogen-bond acceptors (Lipinski definition) is 4. The van der Waals surface area contributed by atoms with Crippen molar-refractivity contribution >= 4 is 23.0 Å². The predicted molar refractivity (Wildman–Crippen MR) is 88.7 cm³/mol. The Morgan fingerprint density at radius 3 is 2.90 bits per heavy atom. The predicted octanol–water partition coefficient (Wildman–Crippen LogP) is 2.30. The van der Waals surface area contributed by atoms with Gasteiger partial charge in [0.25, 0.3) is 0 Å². The van der Waals surface area contributed by atoms with Crippen molar-refractivity contribution in [2.75, 3.05) is 36.5 Å². The zero-order valence-corrected chi connectivity index (χ0v) is 13.2. The molecular formula is C16H26N4O. The summed E-state index contributed by atoms with van der Waals surface area (Å²) in [6.45, 7) is 6.21. The van der Waals surface area contributed by atoms with Gasteiger partial charge in [-0.25, -0.2) is 0 Å². The first-order chi connectivity index (χ1) is 10.0. The molecule has 1 aliphatic heterocycles. The average Bonchev–Trinajstić information content (AvgIpc) is 2.47. The van der Waals surface area contributed by atoms with Crippen molar-refractivity contribution in [1.82, 2.24) is 4.90 Å². The topological polar surface area (TPSA) is 70.4 Å². The number of nitrogens with two attached hydrogens (primary N) is 1. The number of carbonyl (C=O) groups is 1. The molecule has 5 nitrogen and oxygen atoms in total. The highest BCUT2D eigenvalue weighted by molar-refractivity contribution is 5.95. The van der Waals surface area contributed by atoms with Crippen LogP contribution in [0.25, 0.3) is 0 Å². The van der Waals surface area contributed by atoms with E-state index in [0.717, 1.165) is 48.6 Å². The number of hydrogen-bond donors (Lipinski definition) is 3. The van der Waals surface area contributed by atoms with E-state index in [1.54, 1.807) is 0 Å². The number of carbonyl (C=O) groups excluding carboxylic acids is 1. The van der Waals surface area contributed by atoms with Crippen LogP contribution in [0.1, 0.15) is 32.3 Å². The third kappa shape index (κ3) is 3.88. The number of nitrogen functional groups attached to an aromatic ring is 1. The molecular weight excluding hydrogens is 264 g/mol. The number of nitrogens with one attached hydrogen (secondary N) is 2. The molecule has 0 fully saturated rings. The summed E-state index contributed by atoms with van der Waals surface area (Å²) in [4.78, 5) is 13.8. The molecule has 1 aliphatic rings. The maximum Gasteiger partial charge on any atom is 0.224 e. The zero-order valence-electron chi connectivity index (χ0n) is 13.2. The van der Waals surface area contributed by atoms with Crippen LogP contribution in [0.2, 0.25) is 0 Å². The minimum absolute atomic E-state index is 0.0784. The van der Waals surface area contributed by atoms with Crippen LogP contribution < -0.4 is 16.4 Å². The van der Waals surface area contributed by atoms with E-state index in [2.05, 4.69) is 36.4 Å². The second kappa shape index (κ2) is 6.80. The monoisotopic (exact) mass is 290 g/mol. The Labute approximate surface area is 126 Å². The second-order valence-electron chi connectivity index (χ2n) is 5.81. The molecule has 0 saturated carbocycles. The van der Waals surface area contributed by atoms with Gasteiger partial charge in [0.15, 0.2) is 0 Å². The average molecular weight is 290 g/mol. The van der Waals surface area contributed by atoms with Crippen molar-refractivity contribution in [3.8, 4) is 0 Å². The van der Waals surface area contributed by atoms with E-state index in [4.69, 9.17) is 5.73 Å². The molecule has 1 atom stereocenters.